The third kappa shape index (κ3) is 11.5. The van der Waals surface area contributed by atoms with Gasteiger partial charge in [0.2, 0.25) is 17.7 Å². The predicted octanol–water partition coefficient (Wildman–Crippen LogP) is 2.86. The molecule has 2 saturated heterocycles. The van der Waals surface area contributed by atoms with E-state index in [-0.39, 0.29) is 48.7 Å². The number of hydrogen-bond acceptors (Lipinski definition) is 10. The van der Waals surface area contributed by atoms with Crippen molar-refractivity contribution >= 4 is 53.1 Å². The van der Waals surface area contributed by atoms with Gasteiger partial charge in [0.25, 0.3) is 17.8 Å². The number of amides is 4. The van der Waals surface area contributed by atoms with Gasteiger partial charge in [-0.3, -0.25) is 38.6 Å². The van der Waals surface area contributed by atoms with Crippen molar-refractivity contribution in [3.8, 4) is 11.6 Å². The third-order valence-corrected chi connectivity index (χ3v) is 9.03. The average molecular weight is 791 g/mol. The van der Waals surface area contributed by atoms with Crippen molar-refractivity contribution in [2.45, 2.75) is 62.7 Å². The summed E-state index contributed by atoms with van der Waals surface area (Å²) >= 11 is 1.07. The summed E-state index contributed by atoms with van der Waals surface area (Å²) in [6.07, 6.45) is -4.36. The molecule has 0 aliphatic carbocycles. The summed E-state index contributed by atoms with van der Waals surface area (Å²) in [6.45, 7) is 1.75. The molecule has 2 fully saturated rings. The molecule has 0 bridgehead atoms. The number of nitrogens with one attached hydrogen (secondary N) is 2. The van der Waals surface area contributed by atoms with Gasteiger partial charge in [0.1, 0.15) is 12.1 Å². The van der Waals surface area contributed by atoms with Gasteiger partial charge >= 0.3 is 12.1 Å². The highest BCUT2D eigenvalue weighted by Crippen LogP contribution is 2.32. The Balaban J connectivity index is 0.00000160. The number of halogens is 3. The van der Waals surface area contributed by atoms with E-state index in [1.54, 1.807) is 43.3 Å². The second-order valence-corrected chi connectivity index (χ2v) is 13.4. The Labute approximate surface area is 315 Å². The maximum absolute atomic E-state index is 13.8. The first-order valence-corrected chi connectivity index (χ1v) is 17.7. The van der Waals surface area contributed by atoms with Crippen LogP contribution in [0.1, 0.15) is 54.2 Å². The molecule has 2 aliphatic rings. The smallest absolute Gasteiger partial charge is 0.435 e. The van der Waals surface area contributed by atoms with E-state index in [9.17, 15) is 41.9 Å². The molecule has 55 heavy (non-hydrogen) atoms. The fourth-order valence-electron chi connectivity index (χ4n) is 5.48. The number of hydrazine groups is 1. The zero-order valence-electron chi connectivity index (χ0n) is 29.5. The summed E-state index contributed by atoms with van der Waals surface area (Å²) in [4.78, 5) is 86.3. The number of aryl methyl sites for hydroxylation is 1. The van der Waals surface area contributed by atoms with Crippen LogP contribution in [0.3, 0.4) is 0 Å². The van der Waals surface area contributed by atoms with Crippen molar-refractivity contribution in [3.05, 3.63) is 71.4 Å². The number of aromatic nitrogens is 2. The minimum absolute atomic E-state index is 0.0255. The van der Waals surface area contributed by atoms with E-state index >= 15 is 0 Å². The molecule has 0 unspecified atom stereocenters. The van der Waals surface area contributed by atoms with E-state index in [2.05, 4.69) is 15.7 Å². The molecule has 20 heteroatoms. The van der Waals surface area contributed by atoms with E-state index in [0.29, 0.717) is 17.4 Å². The minimum atomic E-state index is -4.77. The summed E-state index contributed by atoms with van der Waals surface area (Å²) in [5, 5.41) is 27.1. The number of rotatable bonds is 12. The van der Waals surface area contributed by atoms with E-state index in [1.807, 2.05) is 0 Å². The molecule has 2 aromatic carbocycles. The number of ketones is 1. The van der Waals surface area contributed by atoms with Gasteiger partial charge in [0, 0.05) is 36.4 Å². The topological polar surface area (TPSA) is 218 Å². The van der Waals surface area contributed by atoms with Crippen LogP contribution in [0.25, 0.3) is 5.69 Å². The lowest BCUT2D eigenvalue weighted by Gasteiger charge is -2.42. The number of carbonyl (C=O) groups is 7. The largest absolute Gasteiger partial charge is 0.481 e. The average Bonchev–Trinajstić information content (AvgIpc) is 3.54. The lowest BCUT2D eigenvalue weighted by Crippen LogP contribution is -2.63. The van der Waals surface area contributed by atoms with Crippen LogP contribution in [0.2, 0.25) is 0 Å². The van der Waals surface area contributed by atoms with E-state index in [4.69, 9.17) is 19.7 Å². The Morgan fingerprint density at radius 3 is 2.27 bits per heavy atom. The molecule has 0 saturated carbocycles. The molecule has 2 atom stereocenters. The van der Waals surface area contributed by atoms with E-state index in [1.165, 1.54) is 17.1 Å². The molecular formula is C35H37F3N6O10S. The Bertz CT molecular complexity index is 1920. The zero-order chi connectivity index (χ0) is 40.4. The van der Waals surface area contributed by atoms with Gasteiger partial charge in [-0.05, 0) is 62.6 Å². The fourth-order valence-corrected chi connectivity index (χ4v) is 6.10. The van der Waals surface area contributed by atoms with Crippen LogP contribution < -0.4 is 15.4 Å². The first-order valence-electron chi connectivity index (χ1n) is 16.7. The molecule has 3 heterocycles. The number of carbonyl (C=O) groups excluding carboxylic acids is 5. The molecule has 2 aliphatic heterocycles. The number of carboxylic acids is 2. The number of thioether (sulfide) groups is 1. The molecule has 4 N–H and O–H groups in total. The van der Waals surface area contributed by atoms with Gasteiger partial charge in [-0.2, -0.15) is 18.3 Å². The van der Waals surface area contributed by atoms with Gasteiger partial charge in [-0.1, -0.05) is 17.7 Å². The number of aliphatic carboxylic acids is 2. The molecule has 0 radical (unpaired) electrons. The van der Waals surface area contributed by atoms with Gasteiger partial charge in [-0.15, -0.1) is 11.8 Å². The summed E-state index contributed by atoms with van der Waals surface area (Å²) in [5.41, 5.74) is 0.0993. The van der Waals surface area contributed by atoms with Crippen LogP contribution in [0.5, 0.6) is 5.88 Å². The van der Waals surface area contributed by atoms with Crippen molar-refractivity contribution in [3.63, 3.8) is 0 Å². The first kappa shape index (κ1) is 41.8. The lowest BCUT2D eigenvalue weighted by molar-refractivity contribution is -0.176. The van der Waals surface area contributed by atoms with Gasteiger partial charge in [0.05, 0.1) is 18.0 Å². The highest BCUT2D eigenvalue weighted by Gasteiger charge is 2.44. The van der Waals surface area contributed by atoms with Crippen LogP contribution in [-0.2, 0) is 34.9 Å². The summed E-state index contributed by atoms with van der Waals surface area (Å²) < 4.78 is 46.6. The number of Topliss-reactive ketones (excluding diaryl/α,β-unsaturated/α-hetero) is 1. The SMILES string of the molecule is CC(=O)O.Cc1ccc(-n2nc(C(F)(F)F)cc2OCC(=O)CNC(=O)[C@@H]2CCCN3C(=O)CC[C@H](NC(=O)c4ccc(SCC(=O)O)cc4)C(=O)N23)cc1. The minimum Gasteiger partial charge on any atom is -0.481 e. The molecule has 3 aromatic rings. The number of alkyl halides is 3. The number of benzene rings is 2. The van der Waals surface area contributed by atoms with Crippen LogP contribution >= 0.6 is 11.8 Å². The maximum atomic E-state index is 13.8. The van der Waals surface area contributed by atoms with E-state index in [0.717, 1.165) is 33.9 Å². The van der Waals surface area contributed by atoms with Crippen molar-refractivity contribution < 1.29 is 61.7 Å². The highest BCUT2D eigenvalue weighted by molar-refractivity contribution is 8.00. The number of hydrogen-bond donors (Lipinski definition) is 4. The molecule has 4 amide bonds. The Kier molecular flexibility index (Phi) is 14.0. The number of carboxylic acid groups (broad SMARTS) is 2. The summed E-state index contributed by atoms with van der Waals surface area (Å²) in [7, 11) is 0. The summed E-state index contributed by atoms with van der Waals surface area (Å²) in [5.74, 6) is -5.51. The second-order valence-electron chi connectivity index (χ2n) is 12.3. The van der Waals surface area contributed by atoms with Gasteiger partial charge in [0.15, 0.2) is 18.1 Å². The molecule has 1 aromatic heterocycles. The van der Waals surface area contributed by atoms with Gasteiger partial charge < -0.3 is 25.6 Å². The summed E-state index contributed by atoms with van der Waals surface area (Å²) in [6, 6.07) is 10.8. The Hall–Kier alpha value is -5.92. The quantitative estimate of drug-likeness (QED) is 0.195. The number of fused-ring (bicyclic) bond motifs is 1. The van der Waals surface area contributed by atoms with Crippen molar-refractivity contribution in [1.29, 1.82) is 0 Å². The molecule has 16 nitrogen and oxygen atoms in total. The fraction of sp³-hybridized carbons (Fsp3) is 0.371. The Morgan fingerprint density at radius 1 is 1.00 bits per heavy atom. The maximum Gasteiger partial charge on any atom is 0.435 e. The predicted molar refractivity (Wildman–Crippen MR) is 187 cm³/mol. The lowest BCUT2D eigenvalue weighted by atomic mass is 10.1. The van der Waals surface area contributed by atoms with E-state index < -0.39 is 78.5 Å². The highest BCUT2D eigenvalue weighted by atomic mass is 32.2. The molecule has 0 spiro atoms. The molecular weight excluding hydrogens is 753 g/mol. The van der Waals surface area contributed by atoms with Crippen LogP contribution in [0.15, 0.2) is 59.5 Å². The first-order chi connectivity index (χ1) is 25.9. The van der Waals surface area contributed by atoms with Crippen molar-refractivity contribution in [2.75, 3.05) is 25.4 Å². The Morgan fingerprint density at radius 2 is 1.65 bits per heavy atom. The monoisotopic (exact) mass is 790 g/mol. The molecule has 294 valence electrons. The van der Waals surface area contributed by atoms with Crippen molar-refractivity contribution in [2.24, 2.45) is 0 Å². The number of ether oxygens (including phenoxy) is 1. The third-order valence-electron chi connectivity index (χ3n) is 8.03. The van der Waals surface area contributed by atoms with Crippen molar-refractivity contribution in [1.82, 2.24) is 30.4 Å². The number of nitrogens with zero attached hydrogens (tertiary/aromatic N) is 4. The zero-order valence-corrected chi connectivity index (χ0v) is 30.3. The molecule has 5 rings (SSSR count). The standard InChI is InChI=1S/C33H33F3N6O8S.C2H4O2/c1-19-4-8-21(9-5-19)41-28(15-26(39-41)33(34,35)36)50-17-22(43)16-37-31(48)25-3-2-14-40-27(44)13-12-24(32(49)42(25)40)38-30(47)20-6-10-23(11-7-20)51-18-29(45)46;1-2(3)4/h4-11,15,24-25H,2-3,12-14,16-18H2,1H3,(H,37,48)(H,38,47)(H,45,46);1H3,(H,3,4)/t24-,25-;/m0./s1. The second kappa shape index (κ2) is 18.4. The normalized spacial score (nSPS) is 16.9. The van der Waals surface area contributed by atoms with Crippen LogP contribution in [-0.4, -0.2) is 109 Å². The van der Waals surface area contributed by atoms with Crippen LogP contribution in [0, 0.1) is 6.92 Å². The van der Waals surface area contributed by atoms with Gasteiger partial charge in [-0.25, -0.2) is 9.69 Å². The van der Waals surface area contributed by atoms with Crippen LogP contribution in [0.4, 0.5) is 13.2 Å².